The second-order valence-corrected chi connectivity index (χ2v) is 13.4. The van der Waals surface area contributed by atoms with Crippen LogP contribution in [0.25, 0.3) is 5.57 Å². The Morgan fingerprint density at radius 2 is 1.37 bits per heavy atom. The molecule has 2 aliphatic heterocycles. The van der Waals surface area contributed by atoms with E-state index in [0.29, 0.717) is 12.2 Å². The molecule has 8 nitrogen and oxygen atoms in total. The SMILES string of the molecule is Cc1cc2c(s1)SCCN(CCCCN1CCC(=C(c3ccc(F)cc3)c3ccc(F)cc3)CC1)C2=O.O.O=C(O)/C=C\C(=O)O. The lowest BCUT2D eigenvalue weighted by Crippen LogP contribution is -2.34. The molecule has 46 heavy (non-hydrogen) atoms. The van der Waals surface area contributed by atoms with Crippen LogP contribution in [-0.4, -0.2) is 81.8 Å². The first-order valence-electron chi connectivity index (χ1n) is 14.7. The van der Waals surface area contributed by atoms with Crippen LogP contribution in [0.2, 0.25) is 0 Å². The molecule has 0 spiro atoms. The third-order valence-corrected chi connectivity index (χ3v) is 9.85. The van der Waals surface area contributed by atoms with E-state index in [1.807, 2.05) is 35.2 Å². The Bertz CT molecular complexity index is 1480. The molecule has 0 radical (unpaired) electrons. The maximum absolute atomic E-state index is 13.6. The first-order valence-corrected chi connectivity index (χ1v) is 16.5. The number of hydrogen-bond acceptors (Lipinski definition) is 6. The molecule has 246 valence electrons. The highest BCUT2D eigenvalue weighted by Crippen LogP contribution is 2.35. The Hall–Kier alpha value is -3.84. The highest BCUT2D eigenvalue weighted by molar-refractivity contribution is 8.01. The second-order valence-electron chi connectivity index (χ2n) is 10.7. The summed E-state index contributed by atoms with van der Waals surface area (Å²) in [5.74, 6) is -1.88. The molecule has 3 heterocycles. The predicted octanol–water partition coefficient (Wildman–Crippen LogP) is 6.15. The molecule has 1 amide bonds. The number of benzene rings is 2. The number of likely N-dealkylation sites (tertiary alicyclic amines) is 1. The number of hydrogen-bond donors (Lipinski definition) is 2. The Balaban J connectivity index is 0.000000569. The van der Waals surface area contributed by atoms with Gasteiger partial charge in [-0.25, -0.2) is 18.4 Å². The summed E-state index contributed by atoms with van der Waals surface area (Å²) in [6, 6.07) is 15.3. The molecular weight excluding hydrogens is 635 g/mol. The number of carbonyl (C=O) groups excluding carboxylic acids is 1. The molecule has 4 N–H and O–H groups in total. The Labute approximate surface area is 275 Å². The summed E-state index contributed by atoms with van der Waals surface area (Å²) >= 11 is 3.54. The molecule has 0 atom stereocenters. The minimum absolute atomic E-state index is 0. The lowest BCUT2D eigenvalue weighted by molar-refractivity contribution is -0.134. The van der Waals surface area contributed by atoms with Crippen LogP contribution in [0.4, 0.5) is 8.78 Å². The molecule has 0 saturated carbocycles. The highest BCUT2D eigenvalue weighted by atomic mass is 32.2. The average molecular weight is 673 g/mol. The highest BCUT2D eigenvalue weighted by Gasteiger charge is 2.25. The summed E-state index contributed by atoms with van der Waals surface area (Å²) in [5, 5.41) is 15.6. The van der Waals surface area contributed by atoms with Crippen molar-refractivity contribution >= 4 is 46.5 Å². The van der Waals surface area contributed by atoms with Crippen LogP contribution in [-0.2, 0) is 9.59 Å². The summed E-state index contributed by atoms with van der Waals surface area (Å²) in [6.07, 6.45) is 5.06. The molecule has 1 aromatic heterocycles. The Morgan fingerprint density at radius 1 is 0.848 bits per heavy atom. The molecular formula is C34H38F2N2O6S2. The van der Waals surface area contributed by atoms with Gasteiger partial charge in [-0.3, -0.25) is 4.79 Å². The molecule has 2 aliphatic rings. The molecule has 1 fully saturated rings. The fourth-order valence-corrected chi connectivity index (χ4v) is 7.77. The maximum atomic E-state index is 13.6. The normalized spacial score (nSPS) is 15.0. The molecule has 0 unspecified atom stereocenters. The van der Waals surface area contributed by atoms with Crippen molar-refractivity contribution in [1.82, 2.24) is 9.80 Å². The number of aryl methyl sites for hydroxylation is 1. The van der Waals surface area contributed by atoms with E-state index in [4.69, 9.17) is 10.2 Å². The third-order valence-electron chi connectivity index (χ3n) is 7.53. The van der Waals surface area contributed by atoms with Gasteiger partial charge in [0.25, 0.3) is 5.91 Å². The predicted molar refractivity (Wildman–Crippen MR) is 177 cm³/mol. The summed E-state index contributed by atoms with van der Waals surface area (Å²) < 4.78 is 28.3. The monoisotopic (exact) mass is 672 g/mol. The number of carbonyl (C=O) groups is 3. The summed E-state index contributed by atoms with van der Waals surface area (Å²) in [6.45, 7) is 6.66. The van der Waals surface area contributed by atoms with Crippen LogP contribution in [0.1, 0.15) is 52.0 Å². The fraction of sp³-hybridized carbons (Fsp3) is 0.324. The zero-order chi connectivity index (χ0) is 32.3. The van der Waals surface area contributed by atoms with Crippen molar-refractivity contribution in [1.29, 1.82) is 0 Å². The van der Waals surface area contributed by atoms with Crippen molar-refractivity contribution in [2.45, 2.75) is 36.8 Å². The number of unbranched alkanes of at least 4 members (excludes halogenated alkanes) is 1. The number of fused-ring (bicyclic) bond motifs is 1. The number of rotatable bonds is 9. The quantitative estimate of drug-likeness (QED) is 0.206. The van der Waals surface area contributed by atoms with Crippen molar-refractivity contribution in [2.24, 2.45) is 0 Å². The van der Waals surface area contributed by atoms with Gasteiger partial charge in [0, 0.05) is 49.0 Å². The van der Waals surface area contributed by atoms with E-state index in [1.54, 1.807) is 23.1 Å². The molecule has 1 saturated heterocycles. The molecule has 5 rings (SSSR count). The van der Waals surface area contributed by atoms with Crippen molar-refractivity contribution in [3.63, 3.8) is 0 Å². The van der Waals surface area contributed by atoms with E-state index < -0.39 is 11.9 Å². The van der Waals surface area contributed by atoms with Crippen LogP contribution in [0.5, 0.6) is 0 Å². The van der Waals surface area contributed by atoms with Crippen molar-refractivity contribution < 1.29 is 38.9 Å². The van der Waals surface area contributed by atoms with E-state index in [-0.39, 0.29) is 23.0 Å². The Morgan fingerprint density at radius 3 is 1.89 bits per heavy atom. The number of thioether (sulfide) groups is 1. The zero-order valence-electron chi connectivity index (χ0n) is 25.5. The second kappa shape index (κ2) is 17.7. The van der Waals surface area contributed by atoms with Gasteiger partial charge in [0.2, 0.25) is 0 Å². The number of thiophene rings is 1. The number of piperidine rings is 1. The number of nitrogens with zero attached hydrogens (tertiary/aromatic N) is 2. The number of aliphatic carboxylic acids is 2. The summed E-state index contributed by atoms with van der Waals surface area (Å²) in [5.41, 5.74) is 5.27. The molecule has 12 heteroatoms. The minimum Gasteiger partial charge on any atom is -0.478 e. The van der Waals surface area contributed by atoms with Gasteiger partial charge in [0.05, 0.1) is 9.77 Å². The van der Waals surface area contributed by atoms with Crippen LogP contribution >= 0.6 is 23.1 Å². The van der Waals surface area contributed by atoms with E-state index in [9.17, 15) is 23.2 Å². The third kappa shape index (κ3) is 10.6. The van der Waals surface area contributed by atoms with Crippen LogP contribution < -0.4 is 0 Å². The van der Waals surface area contributed by atoms with Gasteiger partial charge >= 0.3 is 11.9 Å². The van der Waals surface area contributed by atoms with E-state index in [0.717, 1.165) is 86.4 Å². The molecule has 0 bridgehead atoms. The van der Waals surface area contributed by atoms with E-state index in [1.165, 1.54) is 38.9 Å². The lowest BCUT2D eigenvalue weighted by Gasteiger charge is -2.30. The van der Waals surface area contributed by atoms with Crippen LogP contribution in [0.15, 0.2) is 76.5 Å². The number of amides is 1. The van der Waals surface area contributed by atoms with Gasteiger partial charge in [0.1, 0.15) is 11.6 Å². The first kappa shape index (κ1) is 36.6. The number of halogens is 2. The average Bonchev–Trinajstić information content (AvgIpc) is 3.33. The van der Waals surface area contributed by atoms with Gasteiger partial charge in [0.15, 0.2) is 0 Å². The van der Waals surface area contributed by atoms with Crippen LogP contribution in [0.3, 0.4) is 0 Å². The van der Waals surface area contributed by atoms with E-state index >= 15 is 0 Å². The van der Waals surface area contributed by atoms with Crippen molar-refractivity contribution in [3.05, 3.63) is 106 Å². The van der Waals surface area contributed by atoms with Gasteiger partial charge < -0.3 is 25.5 Å². The minimum atomic E-state index is -1.26. The fourth-order valence-electron chi connectivity index (χ4n) is 5.37. The van der Waals surface area contributed by atoms with Crippen molar-refractivity contribution in [2.75, 3.05) is 38.5 Å². The van der Waals surface area contributed by atoms with Gasteiger partial charge in [-0.15, -0.1) is 23.1 Å². The van der Waals surface area contributed by atoms with Gasteiger partial charge in [-0.1, -0.05) is 29.8 Å². The maximum Gasteiger partial charge on any atom is 0.328 e. The molecule has 2 aromatic carbocycles. The summed E-state index contributed by atoms with van der Waals surface area (Å²) in [4.78, 5) is 37.8. The standard InChI is InChI=1S/C30H32F2N2OS2.C4H4O4.H2O/c1-21-20-27-29(35)34(18-19-36-30(27)37-21)15-3-2-14-33-16-12-24(13-17-33)28(22-4-8-25(31)9-5-22)23-6-10-26(32)11-7-23;5-3(6)1-2-4(7)8;/h4-11,20H,2-3,12-19H2,1H3;1-2H,(H,5,6)(H,7,8);1H2/b;2-1-;. The lowest BCUT2D eigenvalue weighted by atomic mass is 9.88. The first-order chi connectivity index (χ1) is 21.6. The molecule has 3 aromatic rings. The number of carboxylic acid groups (broad SMARTS) is 2. The summed E-state index contributed by atoms with van der Waals surface area (Å²) in [7, 11) is 0. The van der Waals surface area contributed by atoms with Gasteiger partial charge in [-0.2, -0.15) is 0 Å². The Kier molecular flexibility index (Phi) is 14.1. The van der Waals surface area contributed by atoms with Gasteiger partial charge in [-0.05, 0) is 86.2 Å². The van der Waals surface area contributed by atoms with Crippen molar-refractivity contribution in [3.8, 4) is 0 Å². The zero-order valence-corrected chi connectivity index (χ0v) is 27.1. The molecule has 0 aliphatic carbocycles. The van der Waals surface area contributed by atoms with Crippen LogP contribution in [0, 0.1) is 18.6 Å². The number of carboxylic acids is 2. The topological polar surface area (TPSA) is 130 Å². The largest absolute Gasteiger partial charge is 0.478 e. The smallest absolute Gasteiger partial charge is 0.328 e. The van der Waals surface area contributed by atoms with E-state index in [2.05, 4.69) is 11.8 Å².